The molecule has 3 aromatic rings. The van der Waals surface area contributed by atoms with E-state index in [0.717, 1.165) is 5.69 Å². The number of para-hydroxylation sites is 2. The quantitative estimate of drug-likeness (QED) is 0.701. The minimum Gasteiger partial charge on any atom is -0.494 e. The van der Waals surface area contributed by atoms with Crippen LogP contribution in [0, 0.1) is 6.92 Å². The summed E-state index contributed by atoms with van der Waals surface area (Å²) in [5.74, 6) is 1.11. The molecule has 0 saturated carbocycles. The monoisotopic (exact) mass is 365 g/mol. The maximum atomic E-state index is 12.9. The highest BCUT2D eigenvalue weighted by atomic mass is 16.5. The van der Waals surface area contributed by atoms with E-state index >= 15 is 0 Å². The fourth-order valence-corrected chi connectivity index (χ4v) is 3.24. The van der Waals surface area contributed by atoms with Crippen molar-refractivity contribution in [2.45, 2.75) is 20.0 Å². The van der Waals surface area contributed by atoms with E-state index in [2.05, 4.69) is 10.1 Å². The van der Waals surface area contributed by atoms with E-state index < -0.39 is 0 Å². The summed E-state index contributed by atoms with van der Waals surface area (Å²) >= 11 is 0. The molecule has 2 aromatic heterocycles. The predicted molar refractivity (Wildman–Crippen MR) is 97.9 cm³/mol. The Morgan fingerprint density at radius 2 is 2.00 bits per heavy atom. The Morgan fingerprint density at radius 3 is 2.78 bits per heavy atom. The van der Waals surface area contributed by atoms with Crippen molar-refractivity contribution < 1.29 is 9.53 Å². The second-order valence-electron chi connectivity index (χ2n) is 6.46. The number of hydrogen-bond donors (Lipinski definition) is 0. The van der Waals surface area contributed by atoms with Crippen LogP contribution >= 0.6 is 0 Å². The Hall–Kier alpha value is -3.42. The first-order valence-corrected chi connectivity index (χ1v) is 8.52. The fourth-order valence-electron chi connectivity index (χ4n) is 3.24. The number of methoxy groups -OCH3 is 1. The molecular formula is C19H19N5O3. The Bertz CT molecular complexity index is 1100. The zero-order chi connectivity index (χ0) is 19.1. The van der Waals surface area contributed by atoms with Gasteiger partial charge < -0.3 is 9.64 Å². The summed E-state index contributed by atoms with van der Waals surface area (Å²) in [4.78, 5) is 31.4. The first-order valence-electron chi connectivity index (χ1n) is 8.52. The van der Waals surface area contributed by atoms with Crippen LogP contribution in [-0.2, 0) is 20.1 Å². The number of amides is 1. The molecule has 8 heteroatoms. The van der Waals surface area contributed by atoms with E-state index in [-0.39, 0.29) is 18.0 Å². The first-order chi connectivity index (χ1) is 13.0. The Balaban J connectivity index is 1.61. The molecule has 1 aliphatic rings. The number of carbonyl (C=O) groups is 1. The van der Waals surface area contributed by atoms with E-state index in [1.165, 1.54) is 10.8 Å². The van der Waals surface area contributed by atoms with Gasteiger partial charge in [0.25, 0.3) is 11.5 Å². The number of ether oxygens (including phenoxy) is 1. The highest BCUT2D eigenvalue weighted by molar-refractivity contribution is 5.94. The molecule has 1 aliphatic heterocycles. The van der Waals surface area contributed by atoms with Gasteiger partial charge in [0, 0.05) is 13.2 Å². The molecule has 8 nitrogen and oxygen atoms in total. The molecule has 4 rings (SSSR count). The second-order valence-corrected chi connectivity index (χ2v) is 6.46. The van der Waals surface area contributed by atoms with E-state index in [4.69, 9.17) is 4.74 Å². The molecule has 1 amide bonds. The summed E-state index contributed by atoms with van der Waals surface area (Å²) in [6, 6.07) is 7.44. The molecule has 138 valence electrons. The van der Waals surface area contributed by atoms with Gasteiger partial charge >= 0.3 is 0 Å². The lowest BCUT2D eigenvalue weighted by Crippen LogP contribution is -2.27. The van der Waals surface area contributed by atoms with E-state index in [9.17, 15) is 9.59 Å². The number of aromatic nitrogens is 4. The third-order valence-corrected chi connectivity index (χ3v) is 4.83. The van der Waals surface area contributed by atoms with Crippen molar-refractivity contribution in [3.8, 4) is 11.4 Å². The van der Waals surface area contributed by atoms with Crippen molar-refractivity contribution in [2.24, 2.45) is 7.05 Å². The van der Waals surface area contributed by atoms with Crippen molar-refractivity contribution in [1.29, 1.82) is 0 Å². The van der Waals surface area contributed by atoms with Crippen LogP contribution in [0.25, 0.3) is 5.69 Å². The molecule has 0 saturated heterocycles. The number of rotatable bonds is 3. The highest BCUT2D eigenvalue weighted by Crippen LogP contribution is 2.24. The average Bonchev–Trinajstić information content (AvgIpc) is 3.33. The molecule has 0 spiro atoms. The molecule has 0 N–H and O–H groups in total. The summed E-state index contributed by atoms with van der Waals surface area (Å²) in [5.41, 5.74) is 2.34. The third-order valence-electron chi connectivity index (χ3n) is 4.83. The van der Waals surface area contributed by atoms with Crippen molar-refractivity contribution >= 4 is 5.91 Å². The standard InChI is InChI=1S/C19H19N5O3/c1-12-21-15-11-23(10-14(15)19(26)22(12)2)18(25)13-8-20-24(9-13)16-6-4-5-7-17(16)27-3/h4-9H,10-11H2,1-3H3. The van der Waals surface area contributed by atoms with Gasteiger partial charge in [-0.3, -0.25) is 14.2 Å². The lowest BCUT2D eigenvalue weighted by atomic mass is 10.2. The van der Waals surface area contributed by atoms with Gasteiger partial charge in [0.15, 0.2) is 0 Å². The Kier molecular flexibility index (Phi) is 4.02. The number of nitrogens with zero attached hydrogens (tertiary/aromatic N) is 5. The van der Waals surface area contributed by atoms with E-state index in [0.29, 0.717) is 34.9 Å². The average molecular weight is 365 g/mol. The zero-order valence-electron chi connectivity index (χ0n) is 15.3. The predicted octanol–water partition coefficient (Wildman–Crippen LogP) is 1.44. The van der Waals surface area contributed by atoms with Crippen LogP contribution in [0.2, 0.25) is 0 Å². The van der Waals surface area contributed by atoms with Gasteiger partial charge in [-0.2, -0.15) is 5.10 Å². The molecule has 0 atom stereocenters. The van der Waals surface area contributed by atoms with Crippen molar-refractivity contribution in [2.75, 3.05) is 7.11 Å². The maximum Gasteiger partial charge on any atom is 0.258 e. The first kappa shape index (κ1) is 17.0. The Labute approximate surface area is 155 Å². The number of hydrogen-bond acceptors (Lipinski definition) is 5. The van der Waals surface area contributed by atoms with Gasteiger partial charge in [-0.15, -0.1) is 0 Å². The van der Waals surface area contributed by atoms with Crippen LogP contribution in [0.4, 0.5) is 0 Å². The molecule has 3 heterocycles. The van der Waals surface area contributed by atoms with Crippen LogP contribution in [-0.4, -0.2) is 37.2 Å². The lowest BCUT2D eigenvalue weighted by molar-refractivity contribution is 0.0750. The van der Waals surface area contributed by atoms with Crippen LogP contribution in [0.3, 0.4) is 0 Å². The third kappa shape index (κ3) is 2.79. The minimum atomic E-state index is -0.186. The number of fused-ring (bicyclic) bond motifs is 1. The Morgan fingerprint density at radius 1 is 1.22 bits per heavy atom. The van der Waals surface area contributed by atoms with E-state index in [1.54, 1.807) is 36.9 Å². The molecule has 1 aromatic carbocycles. The molecule has 0 aliphatic carbocycles. The molecule has 0 bridgehead atoms. The minimum absolute atomic E-state index is 0.0995. The largest absolute Gasteiger partial charge is 0.494 e. The molecule has 0 fully saturated rings. The van der Waals surface area contributed by atoms with E-state index in [1.807, 2.05) is 24.3 Å². The van der Waals surface area contributed by atoms with Crippen LogP contribution < -0.4 is 10.3 Å². The fraction of sp³-hybridized carbons (Fsp3) is 0.263. The van der Waals surface area contributed by atoms with Crippen LogP contribution in [0.5, 0.6) is 5.75 Å². The summed E-state index contributed by atoms with van der Waals surface area (Å²) in [6.07, 6.45) is 3.19. The normalized spacial score (nSPS) is 12.9. The smallest absolute Gasteiger partial charge is 0.258 e. The van der Waals surface area contributed by atoms with Crippen LogP contribution in [0.1, 0.15) is 27.4 Å². The van der Waals surface area contributed by atoms with Crippen molar-refractivity contribution in [3.63, 3.8) is 0 Å². The van der Waals surface area contributed by atoms with Gasteiger partial charge in [0.2, 0.25) is 0 Å². The molecule has 27 heavy (non-hydrogen) atoms. The SMILES string of the molecule is COc1ccccc1-n1cc(C(=O)N2Cc3nc(C)n(C)c(=O)c3C2)cn1. The molecule has 0 radical (unpaired) electrons. The summed E-state index contributed by atoms with van der Waals surface area (Å²) < 4.78 is 8.46. The number of carbonyl (C=O) groups excluding carboxylic acids is 1. The van der Waals surface area contributed by atoms with Crippen molar-refractivity contribution in [3.05, 3.63) is 69.7 Å². The highest BCUT2D eigenvalue weighted by Gasteiger charge is 2.29. The van der Waals surface area contributed by atoms with Crippen LogP contribution in [0.15, 0.2) is 41.5 Å². The number of aryl methyl sites for hydroxylation is 1. The number of benzene rings is 1. The second kappa shape index (κ2) is 6.39. The van der Waals surface area contributed by atoms with Crippen molar-refractivity contribution in [1.82, 2.24) is 24.2 Å². The zero-order valence-corrected chi connectivity index (χ0v) is 15.3. The summed E-state index contributed by atoms with van der Waals surface area (Å²) in [5, 5.41) is 4.29. The topological polar surface area (TPSA) is 82.2 Å². The maximum absolute atomic E-state index is 12.9. The van der Waals surface area contributed by atoms with Gasteiger partial charge in [0.05, 0.1) is 43.2 Å². The molecule has 0 unspecified atom stereocenters. The van der Waals surface area contributed by atoms with Gasteiger partial charge in [-0.1, -0.05) is 12.1 Å². The lowest BCUT2D eigenvalue weighted by Gasteiger charge is -2.13. The summed E-state index contributed by atoms with van der Waals surface area (Å²) in [7, 11) is 3.28. The summed E-state index contributed by atoms with van der Waals surface area (Å²) in [6.45, 7) is 2.36. The van der Waals surface area contributed by atoms with Gasteiger partial charge in [0.1, 0.15) is 17.3 Å². The van der Waals surface area contributed by atoms with Gasteiger partial charge in [-0.05, 0) is 19.1 Å². The molecular weight excluding hydrogens is 346 g/mol. The van der Waals surface area contributed by atoms with Gasteiger partial charge in [-0.25, -0.2) is 9.67 Å².